The predicted octanol–water partition coefficient (Wildman–Crippen LogP) is 2.55. The highest BCUT2D eigenvalue weighted by Gasteiger charge is 2.22. The molecule has 1 aromatic rings. The summed E-state index contributed by atoms with van der Waals surface area (Å²) in [6, 6.07) is 5.62. The quantitative estimate of drug-likeness (QED) is 0.864. The smallest absolute Gasteiger partial charge is 0.234 e. The number of nitrogens with zero attached hydrogens (tertiary/aromatic N) is 2. The van der Waals surface area contributed by atoms with Crippen LogP contribution in [-0.2, 0) is 16.1 Å². The van der Waals surface area contributed by atoms with E-state index in [1.54, 1.807) is 13.0 Å². The molecule has 132 valence electrons. The summed E-state index contributed by atoms with van der Waals surface area (Å²) < 4.78 is 0. The third-order valence-corrected chi connectivity index (χ3v) is 4.89. The summed E-state index contributed by atoms with van der Waals surface area (Å²) in [6.45, 7) is 3.93. The lowest BCUT2D eigenvalue weighted by molar-refractivity contribution is -0.130. The van der Waals surface area contributed by atoms with Crippen LogP contribution in [0.5, 0.6) is 0 Å². The van der Waals surface area contributed by atoms with Crippen molar-refractivity contribution >= 4 is 35.0 Å². The summed E-state index contributed by atoms with van der Waals surface area (Å²) in [5.41, 5.74) is 1.01. The average Bonchev–Trinajstić information content (AvgIpc) is 2.51. The molecule has 1 N–H and O–H groups in total. The number of nitrogens with one attached hydrogen (secondary N) is 1. The van der Waals surface area contributed by atoms with Gasteiger partial charge in [0.2, 0.25) is 11.8 Å². The van der Waals surface area contributed by atoms with Crippen molar-refractivity contribution in [1.29, 1.82) is 0 Å². The van der Waals surface area contributed by atoms with E-state index >= 15 is 0 Å². The van der Waals surface area contributed by atoms with Gasteiger partial charge in [0.1, 0.15) is 0 Å². The Morgan fingerprint density at radius 2 is 1.92 bits per heavy atom. The van der Waals surface area contributed by atoms with Crippen LogP contribution in [0.15, 0.2) is 18.2 Å². The van der Waals surface area contributed by atoms with Gasteiger partial charge in [-0.2, -0.15) is 0 Å². The Labute approximate surface area is 152 Å². The number of rotatable bonds is 5. The summed E-state index contributed by atoms with van der Waals surface area (Å²) in [5.74, 6) is 0.0972. The standard InChI is InChI=1S/C17H23Cl2N3O2/c1-12(23)22-7-5-14(6-8-22)20-17(24)11-21(2)10-13-3-4-15(18)16(19)9-13/h3-4,9,14H,5-8,10-11H2,1-2H3,(H,20,24). The molecule has 0 aliphatic carbocycles. The second-order valence-electron chi connectivity index (χ2n) is 6.27. The van der Waals surface area contributed by atoms with Crippen molar-refractivity contribution in [3.63, 3.8) is 0 Å². The number of benzene rings is 1. The molecule has 1 aliphatic rings. The van der Waals surface area contributed by atoms with Crippen LogP contribution < -0.4 is 5.32 Å². The molecule has 0 atom stereocenters. The Kier molecular flexibility index (Phi) is 6.90. The monoisotopic (exact) mass is 371 g/mol. The highest BCUT2D eigenvalue weighted by Crippen LogP contribution is 2.23. The Morgan fingerprint density at radius 1 is 1.25 bits per heavy atom. The molecule has 7 heteroatoms. The van der Waals surface area contributed by atoms with Gasteiger partial charge in [0.25, 0.3) is 0 Å². The molecule has 1 fully saturated rings. The first-order chi connectivity index (χ1) is 11.3. The van der Waals surface area contributed by atoms with Crippen molar-refractivity contribution in [2.24, 2.45) is 0 Å². The summed E-state index contributed by atoms with van der Waals surface area (Å²) in [4.78, 5) is 27.2. The highest BCUT2D eigenvalue weighted by molar-refractivity contribution is 6.42. The molecule has 5 nitrogen and oxygen atoms in total. The molecule has 0 radical (unpaired) electrons. The lowest BCUT2D eigenvalue weighted by atomic mass is 10.1. The van der Waals surface area contributed by atoms with Crippen molar-refractivity contribution in [2.45, 2.75) is 32.4 Å². The molecule has 1 aliphatic heterocycles. The maximum Gasteiger partial charge on any atom is 0.234 e. The zero-order valence-corrected chi connectivity index (χ0v) is 15.5. The number of likely N-dealkylation sites (N-methyl/N-ethyl adjacent to an activating group) is 1. The minimum absolute atomic E-state index is 0.00108. The molecule has 1 heterocycles. The van der Waals surface area contributed by atoms with Crippen molar-refractivity contribution in [3.8, 4) is 0 Å². The van der Waals surface area contributed by atoms with Gasteiger partial charge in [0, 0.05) is 32.6 Å². The van der Waals surface area contributed by atoms with Crippen molar-refractivity contribution in [1.82, 2.24) is 15.1 Å². The van der Waals surface area contributed by atoms with E-state index in [0.717, 1.165) is 18.4 Å². The minimum atomic E-state index is -0.00108. The Morgan fingerprint density at radius 3 is 2.50 bits per heavy atom. The van der Waals surface area contributed by atoms with E-state index in [9.17, 15) is 9.59 Å². The second-order valence-corrected chi connectivity index (χ2v) is 7.08. The van der Waals surface area contributed by atoms with Gasteiger partial charge in [-0.25, -0.2) is 0 Å². The van der Waals surface area contributed by atoms with Gasteiger partial charge in [-0.15, -0.1) is 0 Å². The van der Waals surface area contributed by atoms with Crippen LogP contribution in [-0.4, -0.2) is 54.3 Å². The number of carbonyl (C=O) groups is 2. The molecular formula is C17H23Cl2N3O2. The molecule has 0 saturated carbocycles. The largest absolute Gasteiger partial charge is 0.352 e. The third kappa shape index (κ3) is 5.65. The van der Waals surface area contributed by atoms with Gasteiger partial charge in [-0.05, 0) is 37.6 Å². The topological polar surface area (TPSA) is 52.7 Å². The number of carbonyl (C=O) groups excluding carboxylic acids is 2. The molecule has 0 aromatic heterocycles. The molecule has 24 heavy (non-hydrogen) atoms. The SMILES string of the molecule is CC(=O)N1CCC(NC(=O)CN(C)Cc2ccc(Cl)c(Cl)c2)CC1. The van der Waals surface area contributed by atoms with Crippen LogP contribution in [0, 0.1) is 0 Å². The van der Waals surface area contributed by atoms with E-state index < -0.39 is 0 Å². The van der Waals surface area contributed by atoms with Crippen LogP contribution in [0.4, 0.5) is 0 Å². The van der Waals surface area contributed by atoms with E-state index in [1.807, 2.05) is 29.0 Å². The second kappa shape index (κ2) is 8.70. The third-order valence-electron chi connectivity index (χ3n) is 4.16. The lowest BCUT2D eigenvalue weighted by Gasteiger charge is -2.32. The molecule has 0 unspecified atom stereocenters. The Bertz CT molecular complexity index is 601. The molecule has 0 bridgehead atoms. The summed E-state index contributed by atoms with van der Waals surface area (Å²) in [5, 5.41) is 4.09. The van der Waals surface area contributed by atoms with E-state index in [-0.39, 0.29) is 17.9 Å². The van der Waals surface area contributed by atoms with E-state index in [2.05, 4.69) is 5.32 Å². The summed E-state index contributed by atoms with van der Waals surface area (Å²) in [7, 11) is 1.89. The van der Waals surface area contributed by atoms with Gasteiger partial charge in [-0.3, -0.25) is 14.5 Å². The number of hydrogen-bond acceptors (Lipinski definition) is 3. The number of amides is 2. The summed E-state index contributed by atoms with van der Waals surface area (Å²) in [6.07, 6.45) is 1.61. The molecule has 1 saturated heterocycles. The number of piperidine rings is 1. The van der Waals surface area contributed by atoms with Crippen LogP contribution in [0.2, 0.25) is 10.0 Å². The molecule has 0 spiro atoms. The van der Waals surface area contributed by atoms with Crippen molar-refractivity contribution in [2.75, 3.05) is 26.7 Å². The maximum absolute atomic E-state index is 12.2. The van der Waals surface area contributed by atoms with E-state index in [0.29, 0.717) is 36.2 Å². The first-order valence-electron chi connectivity index (χ1n) is 8.02. The van der Waals surface area contributed by atoms with Crippen molar-refractivity contribution in [3.05, 3.63) is 33.8 Å². The first-order valence-corrected chi connectivity index (χ1v) is 8.78. The normalized spacial score (nSPS) is 15.6. The average molecular weight is 372 g/mol. The first kappa shape index (κ1) is 19.0. The lowest BCUT2D eigenvalue weighted by Crippen LogP contribution is -2.47. The zero-order valence-electron chi connectivity index (χ0n) is 14.0. The number of hydrogen-bond donors (Lipinski definition) is 1. The Balaban J connectivity index is 1.75. The van der Waals surface area contributed by atoms with Gasteiger partial charge >= 0.3 is 0 Å². The number of halogens is 2. The molecular weight excluding hydrogens is 349 g/mol. The van der Waals surface area contributed by atoms with Crippen LogP contribution >= 0.6 is 23.2 Å². The van der Waals surface area contributed by atoms with Gasteiger partial charge in [0.05, 0.1) is 16.6 Å². The van der Waals surface area contributed by atoms with E-state index in [1.165, 1.54) is 0 Å². The van der Waals surface area contributed by atoms with Gasteiger partial charge in [0.15, 0.2) is 0 Å². The molecule has 2 amide bonds. The summed E-state index contributed by atoms with van der Waals surface area (Å²) >= 11 is 11.9. The fraction of sp³-hybridized carbons (Fsp3) is 0.529. The number of likely N-dealkylation sites (tertiary alicyclic amines) is 1. The fourth-order valence-corrected chi connectivity index (χ4v) is 3.18. The zero-order chi connectivity index (χ0) is 17.7. The fourth-order valence-electron chi connectivity index (χ4n) is 2.86. The van der Waals surface area contributed by atoms with Crippen molar-refractivity contribution < 1.29 is 9.59 Å². The highest BCUT2D eigenvalue weighted by atomic mass is 35.5. The maximum atomic E-state index is 12.2. The molecule has 2 rings (SSSR count). The predicted molar refractivity (Wildman–Crippen MR) is 96.2 cm³/mol. The van der Waals surface area contributed by atoms with Gasteiger partial charge < -0.3 is 10.2 Å². The van der Waals surface area contributed by atoms with Crippen LogP contribution in [0.25, 0.3) is 0 Å². The molecule has 1 aromatic carbocycles. The minimum Gasteiger partial charge on any atom is -0.352 e. The van der Waals surface area contributed by atoms with E-state index in [4.69, 9.17) is 23.2 Å². The van der Waals surface area contributed by atoms with Crippen LogP contribution in [0.1, 0.15) is 25.3 Å². The van der Waals surface area contributed by atoms with Gasteiger partial charge in [-0.1, -0.05) is 29.3 Å². The van der Waals surface area contributed by atoms with Crippen LogP contribution in [0.3, 0.4) is 0 Å². The Hall–Kier alpha value is -1.30.